The van der Waals surface area contributed by atoms with Gasteiger partial charge in [-0.3, -0.25) is 4.79 Å². The van der Waals surface area contributed by atoms with Crippen molar-refractivity contribution in [1.29, 1.82) is 0 Å². The van der Waals surface area contributed by atoms with E-state index in [0.717, 1.165) is 16.2 Å². The Morgan fingerprint density at radius 1 is 0.962 bits per heavy atom. The molecule has 0 unspecified atom stereocenters. The van der Waals surface area contributed by atoms with Crippen LogP contribution >= 0.6 is 11.8 Å². The van der Waals surface area contributed by atoms with Gasteiger partial charge in [0.15, 0.2) is 0 Å². The van der Waals surface area contributed by atoms with Crippen molar-refractivity contribution in [3.05, 3.63) is 90.1 Å². The highest BCUT2D eigenvalue weighted by molar-refractivity contribution is 7.99. The quantitative estimate of drug-likeness (QED) is 0.516. The molecule has 0 atom stereocenters. The second-order valence-corrected chi connectivity index (χ2v) is 7.04. The first-order valence-corrected chi connectivity index (χ1v) is 9.42. The van der Waals surface area contributed by atoms with Crippen LogP contribution in [-0.4, -0.2) is 16.6 Å². The van der Waals surface area contributed by atoms with Crippen molar-refractivity contribution >= 4 is 17.7 Å². The Balaban J connectivity index is 1.59. The number of hydrogen-bond donors (Lipinski definition) is 0. The minimum absolute atomic E-state index is 0.0693. The van der Waals surface area contributed by atoms with Crippen LogP contribution in [0.15, 0.2) is 82.3 Å². The topological polar surface area (TPSA) is 33.5 Å². The number of amides is 1. The summed E-state index contributed by atoms with van der Waals surface area (Å²) < 4.78 is 18.4. The van der Waals surface area contributed by atoms with Gasteiger partial charge in [-0.15, -0.1) is 11.8 Å². The van der Waals surface area contributed by atoms with Crippen LogP contribution < -0.4 is 0 Å². The fourth-order valence-corrected chi connectivity index (χ4v) is 3.41. The highest BCUT2D eigenvalue weighted by Gasteiger charge is 2.16. The molecular weight excluding hydrogens is 349 g/mol. The van der Waals surface area contributed by atoms with E-state index < -0.39 is 0 Å². The van der Waals surface area contributed by atoms with Gasteiger partial charge in [0.25, 0.3) is 0 Å². The summed E-state index contributed by atoms with van der Waals surface area (Å²) in [5, 5.41) is 0. The molecule has 5 heteroatoms. The van der Waals surface area contributed by atoms with Gasteiger partial charge in [0.2, 0.25) is 5.91 Å². The molecule has 26 heavy (non-hydrogen) atoms. The van der Waals surface area contributed by atoms with Crippen LogP contribution in [0.5, 0.6) is 0 Å². The Kier molecular flexibility index (Phi) is 6.50. The monoisotopic (exact) mass is 369 g/mol. The SMILES string of the molecule is O=C(CCSc1ccc(F)cc1)N(Cc1ccccc1)Cc1ccco1. The van der Waals surface area contributed by atoms with Crippen molar-refractivity contribution in [2.75, 3.05) is 5.75 Å². The largest absolute Gasteiger partial charge is 0.467 e. The Labute approximate surface area is 156 Å². The van der Waals surface area contributed by atoms with Gasteiger partial charge >= 0.3 is 0 Å². The van der Waals surface area contributed by atoms with Gasteiger partial charge in [-0.25, -0.2) is 4.39 Å². The average molecular weight is 369 g/mol. The molecule has 0 bridgehead atoms. The predicted molar refractivity (Wildman–Crippen MR) is 101 cm³/mol. The molecule has 0 fully saturated rings. The Hall–Kier alpha value is -2.53. The molecule has 0 radical (unpaired) electrons. The lowest BCUT2D eigenvalue weighted by atomic mass is 10.2. The molecule has 0 aliphatic rings. The van der Waals surface area contributed by atoms with Crippen molar-refractivity contribution in [3.8, 4) is 0 Å². The predicted octanol–water partition coefficient (Wildman–Crippen LogP) is 5.13. The molecule has 1 heterocycles. The number of carbonyl (C=O) groups is 1. The van der Waals surface area contributed by atoms with Crippen LogP contribution in [0.1, 0.15) is 17.7 Å². The molecule has 0 aliphatic carbocycles. The molecule has 0 spiro atoms. The number of halogens is 1. The smallest absolute Gasteiger partial charge is 0.224 e. The molecule has 0 saturated carbocycles. The van der Waals surface area contributed by atoms with Gasteiger partial charge in [0, 0.05) is 23.6 Å². The standard InChI is InChI=1S/C21H20FNO2S/c22-18-8-10-20(11-9-18)26-14-12-21(24)23(16-19-7-4-13-25-19)15-17-5-2-1-3-6-17/h1-11,13H,12,14-16H2. The highest BCUT2D eigenvalue weighted by Crippen LogP contribution is 2.20. The number of hydrogen-bond acceptors (Lipinski definition) is 3. The number of furan rings is 1. The van der Waals surface area contributed by atoms with Crippen molar-refractivity contribution in [2.45, 2.75) is 24.4 Å². The maximum atomic E-state index is 13.0. The minimum atomic E-state index is -0.252. The van der Waals surface area contributed by atoms with E-state index >= 15 is 0 Å². The summed E-state index contributed by atoms with van der Waals surface area (Å²) in [5.74, 6) is 1.23. The van der Waals surface area contributed by atoms with E-state index in [1.54, 1.807) is 35.1 Å². The van der Waals surface area contributed by atoms with E-state index in [2.05, 4.69) is 0 Å². The number of nitrogens with zero attached hydrogens (tertiary/aromatic N) is 1. The molecule has 3 rings (SSSR count). The Morgan fingerprint density at radius 3 is 2.42 bits per heavy atom. The Bertz CT molecular complexity index is 804. The van der Waals surface area contributed by atoms with Crippen molar-refractivity contribution in [1.82, 2.24) is 4.90 Å². The number of thioether (sulfide) groups is 1. The van der Waals surface area contributed by atoms with E-state index in [4.69, 9.17) is 4.42 Å². The van der Waals surface area contributed by atoms with Gasteiger partial charge < -0.3 is 9.32 Å². The summed E-state index contributed by atoms with van der Waals surface area (Å²) in [6.07, 6.45) is 2.03. The van der Waals surface area contributed by atoms with Crippen LogP contribution in [0.25, 0.3) is 0 Å². The van der Waals surface area contributed by atoms with Crippen LogP contribution in [0.3, 0.4) is 0 Å². The first-order chi connectivity index (χ1) is 12.7. The molecule has 134 valence electrons. The van der Waals surface area contributed by atoms with Gasteiger partial charge in [0.05, 0.1) is 12.8 Å². The molecule has 3 aromatic rings. The van der Waals surface area contributed by atoms with Gasteiger partial charge in [-0.1, -0.05) is 30.3 Å². The average Bonchev–Trinajstić information content (AvgIpc) is 3.17. The summed E-state index contributed by atoms with van der Waals surface area (Å²) >= 11 is 1.55. The summed E-state index contributed by atoms with van der Waals surface area (Å²) in [7, 11) is 0. The number of carbonyl (C=O) groups excluding carboxylic acids is 1. The lowest BCUT2D eigenvalue weighted by Crippen LogP contribution is -2.30. The minimum Gasteiger partial charge on any atom is -0.467 e. The van der Waals surface area contributed by atoms with E-state index in [-0.39, 0.29) is 11.7 Å². The fraction of sp³-hybridized carbons (Fsp3) is 0.190. The van der Waals surface area contributed by atoms with Crippen molar-refractivity contribution in [2.24, 2.45) is 0 Å². The molecule has 1 aromatic heterocycles. The summed E-state index contributed by atoms with van der Waals surface area (Å²) in [6.45, 7) is 0.990. The second kappa shape index (κ2) is 9.25. The zero-order valence-electron chi connectivity index (χ0n) is 14.3. The van der Waals surface area contributed by atoms with Crippen molar-refractivity contribution < 1.29 is 13.6 Å². The van der Waals surface area contributed by atoms with E-state index in [0.29, 0.717) is 25.3 Å². The van der Waals surface area contributed by atoms with E-state index in [9.17, 15) is 9.18 Å². The summed E-state index contributed by atoms with van der Waals surface area (Å²) in [6, 6.07) is 19.9. The molecule has 0 saturated heterocycles. The van der Waals surface area contributed by atoms with Gasteiger partial charge in [-0.05, 0) is 42.0 Å². The maximum Gasteiger partial charge on any atom is 0.224 e. The highest BCUT2D eigenvalue weighted by atomic mass is 32.2. The molecule has 1 amide bonds. The lowest BCUT2D eigenvalue weighted by Gasteiger charge is -2.22. The van der Waals surface area contributed by atoms with Crippen LogP contribution in [0.2, 0.25) is 0 Å². The van der Waals surface area contributed by atoms with Crippen LogP contribution in [0, 0.1) is 5.82 Å². The van der Waals surface area contributed by atoms with E-state index in [1.807, 2.05) is 42.5 Å². The van der Waals surface area contributed by atoms with Gasteiger partial charge in [-0.2, -0.15) is 0 Å². The fourth-order valence-electron chi connectivity index (χ4n) is 2.57. The maximum absolute atomic E-state index is 13.0. The summed E-state index contributed by atoms with van der Waals surface area (Å²) in [5.41, 5.74) is 1.08. The normalized spacial score (nSPS) is 10.7. The zero-order chi connectivity index (χ0) is 18.2. The first kappa shape index (κ1) is 18.3. The molecule has 3 nitrogen and oxygen atoms in total. The van der Waals surface area contributed by atoms with Crippen LogP contribution in [0.4, 0.5) is 4.39 Å². The number of rotatable bonds is 8. The third kappa shape index (κ3) is 5.49. The second-order valence-electron chi connectivity index (χ2n) is 5.87. The molecule has 0 N–H and O–H groups in total. The molecule has 2 aromatic carbocycles. The molecular formula is C21H20FNO2S. The third-order valence-electron chi connectivity index (χ3n) is 3.89. The zero-order valence-corrected chi connectivity index (χ0v) is 15.1. The van der Waals surface area contributed by atoms with Gasteiger partial charge in [0.1, 0.15) is 11.6 Å². The van der Waals surface area contributed by atoms with E-state index in [1.165, 1.54) is 12.1 Å². The molecule has 0 aliphatic heterocycles. The van der Waals surface area contributed by atoms with Crippen LogP contribution in [-0.2, 0) is 17.9 Å². The number of benzene rings is 2. The first-order valence-electron chi connectivity index (χ1n) is 8.43. The third-order valence-corrected chi connectivity index (χ3v) is 4.91. The summed E-state index contributed by atoms with van der Waals surface area (Å²) in [4.78, 5) is 15.5. The van der Waals surface area contributed by atoms with Crippen molar-refractivity contribution in [3.63, 3.8) is 0 Å². The lowest BCUT2D eigenvalue weighted by molar-refractivity contribution is -0.132. The Morgan fingerprint density at radius 2 is 1.73 bits per heavy atom.